The topological polar surface area (TPSA) is 82.4 Å². The molecule has 5 rings (SSSR count). The fraction of sp³-hybridized carbons (Fsp3) is 0.571. The number of rotatable bonds is 5. The molecular formula is C21H28N6O3. The molecule has 0 bridgehead atoms. The zero-order chi connectivity index (χ0) is 20.7. The van der Waals surface area contributed by atoms with Gasteiger partial charge in [0.1, 0.15) is 0 Å². The smallest absolute Gasteiger partial charge is 0.328 e. The molecule has 3 fully saturated rings. The Morgan fingerprint density at radius 3 is 2.87 bits per heavy atom. The SMILES string of the molecule is C[C@H]1CN(Cc2ccn3ncc(N4CCC(=O)NC4=O)c3c2)CCN1CC1CCO1. The van der Waals surface area contributed by atoms with Crippen molar-refractivity contribution in [3.63, 3.8) is 0 Å². The molecule has 2 aromatic rings. The number of fused-ring (bicyclic) bond motifs is 1. The normalized spacial score (nSPS) is 26.1. The summed E-state index contributed by atoms with van der Waals surface area (Å²) in [6.45, 7) is 8.60. The predicted octanol–water partition coefficient (Wildman–Crippen LogP) is 1.08. The molecule has 9 nitrogen and oxygen atoms in total. The van der Waals surface area contributed by atoms with E-state index in [0.717, 1.165) is 50.5 Å². The van der Waals surface area contributed by atoms with Crippen LogP contribution >= 0.6 is 0 Å². The minimum absolute atomic E-state index is 0.231. The lowest BCUT2D eigenvalue weighted by molar-refractivity contribution is -0.120. The number of ether oxygens (including phenoxy) is 1. The first-order valence-corrected chi connectivity index (χ1v) is 10.7. The van der Waals surface area contributed by atoms with Gasteiger partial charge in [-0.05, 0) is 31.0 Å². The highest BCUT2D eigenvalue weighted by Gasteiger charge is 2.29. The van der Waals surface area contributed by atoms with E-state index in [1.54, 1.807) is 15.6 Å². The molecule has 0 aromatic carbocycles. The molecule has 160 valence electrons. The Morgan fingerprint density at radius 1 is 1.27 bits per heavy atom. The maximum absolute atomic E-state index is 12.3. The molecular weight excluding hydrogens is 384 g/mol. The van der Waals surface area contributed by atoms with E-state index in [4.69, 9.17) is 4.74 Å². The zero-order valence-electron chi connectivity index (χ0n) is 17.3. The summed E-state index contributed by atoms with van der Waals surface area (Å²) >= 11 is 0. The van der Waals surface area contributed by atoms with Crippen molar-refractivity contribution in [1.29, 1.82) is 0 Å². The molecule has 1 N–H and O–H groups in total. The summed E-state index contributed by atoms with van der Waals surface area (Å²) in [7, 11) is 0. The molecule has 3 aliphatic rings. The lowest BCUT2D eigenvalue weighted by Crippen LogP contribution is -2.54. The van der Waals surface area contributed by atoms with Crippen LogP contribution in [-0.2, 0) is 16.1 Å². The van der Waals surface area contributed by atoms with E-state index in [9.17, 15) is 9.59 Å². The summed E-state index contributed by atoms with van der Waals surface area (Å²) in [6.07, 6.45) is 5.54. The van der Waals surface area contributed by atoms with Crippen LogP contribution in [0.25, 0.3) is 5.52 Å². The zero-order valence-corrected chi connectivity index (χ0v) is 17.3. The van der Waals surface area contributed by atoms with E-state index < -0.39 is 0 Å². The van der Waals surface area contributed by atoms with Crippen molar-refractivity contribution in [2.24, 2.45) is 0 Å². The Balaban J connectivity index is 1.27. The van der Waals surface area contributed by atoms with Gasteiger partial charge in [0, 0.05) is 64.5 Å². The van der Waals surface area contributed by atoms with Crippen LogP contribution in [0, 0.1) is 0 Å². The van der Waals surface area contributed by atoms with Crippen molar-refractivity contribution >= 4 is 23.1 Å². The maximum Gasteiger partial charge on any atom is 0.328 e. The van der Waals surface area contributed by atoms with Gasteiger partial charge in [-0.25, -0.2) is 9.31 Å². The minimum Gasteiger partial charge on any atom is -0.377 e. The highest BCUT2D eigenvalue weighted by Crippen LogP contribution is 2.25. The molecule has 9 heteroatoms. The molecule has 5 heterocycles. The number of carbonyl (C=O) groups is 2. The number of pyridine rings is 1. The van der Waals surface area contributed by atoms with Gasteiger partial charge >= 0.3 is 6.03 Å². The number of hydrogen-bond donors (Lipinski definition) is 1. The van der Waals surface area contributed by atoms with Crippen molar-refractivity contribution in [3.05, 3.63) is 30.1 Å². The fourth-order valence-electron chi connectivity index (χ4n) is 4.55. The number of piperazine rings is 1. The second-order valence-corrected chi connectivity index (χ2v) is 8.51. The number of hydrogen-bond acceptors (Lipinski definition) is 6. The van der Waals surface area contributed by atoms with Gasteiger partial charge in [0.15, 0.2) is 0 Å². The van der Waals surface area contributed by atoms with Crippen LogP contribution in [0.15, 0.2) is 24.5 Å². The predicted molar refractivity (Wildman–Crippen MR) is 111 cm³/mol. The fourth-order valence-corrected chi connectivity index (χ4v) is 4.55. The number of imide groups is 1. The van der Waals surface area contributed by atoms with Crippen LogP contribution in [0.5, 0.6) is 0 Å². The van der Waals surface area contributed by atoms with Gasteiger partial charge in [-0.2, -0.15) is 5.10 Å². The molecule has 3 amide bonds. The Kier molecular flexibility index (Phi) is 5.18. The molecule has 3 saturated heterocycles. The molecule has 1 unspecified atom stereocenters. The third-order valence-corrected chi connectivity index (χ3v) is 6.40. The Bertz CT molecular complexity index is 955. The molecule has 2 atom stereocenters. The van der Waals surface area contributed by atoms with Crippen LogP contribution in [0.4, 0.5) is 10.5 Å². The summed E-state index contributed by atoms with van der Waals surface area (Å²) in [4.78, 5) is 30.3. The second kappa shape index (κ2) is 7.98. The van der Waals surface area contributed by atoms with E-state index in [1.807, 2.05) is 6.20 Å². The third-order valence-electron chi connectivity index (χ3n) is 6.40. The highest BCUT2D eigenvalue weighted by molar-refractivity contribution is 6.07. The van der Waals surface area contributed by atoms with Gasteiger partial charge in [-0.3, -0.25) is 24.8 Å². The number of aromatic nitrogens is 2. The van der Waals surface area contributed by atoms with E-state index in [-0.39, 0.29) is 11.9 Å². The average Bonchev–Trinajstić information content (AvgIpc) is 3.09. The Hall–Kier alpha value is -2.49. The van der Waals surface area contributed by atoms with Crippen LogP contribution in [-0.4, -0.2) is 82.8 Å². The van der Waals surface area contributed by atoms with Crippen LogP contribution in [0.1, 0.15) is 25.3 Å². The lowest BCUT2D eigenvalue weighted by atomic mass is 10.1. The van der Waals surface area contributed by atoms with Crippen molar-refractivity contribution < 1.29 is 14.3 Å². The quantitative estimate of drug-likeness (QED) is 0.791. The van der Waals surface area contributed by atoms with Gasteiger partial charge in [0.2, 0.25) is 5.91 Å². The van der Waals surface area contributed by atoms with Gasteiger partial charge in [-0.1, -0.05) is 0 Å². The van der Waals surface area contributed by atoms with Crippen molar-refractivity contribution in [2.75, 3.05) is 44.2 Å². The first-order chi connectivity index (χ1) is 14.6. The van der Waals surface area contributed by atoms with E-state index >= 15 is 0 Å². The van der Waals surface area contributed by atoms with E-state index in [0.29, 0.717) is 25.1 Å². The van der Waals surface area contributed by atoms with Crippen LogP contribution in [0.3, 0.4) is 0 Å². The van der Waals surface area contributed by atoms with Gasteiger partial charge in [-0.15, -0.1) is 0 Å². The van der Waals surface area contributed by atoms with Crippen molar-refractivity contribution in [3.8, 4) is 0 Å². The summed E-state index contributed by atoms with van der Waals surface area (Å²) in [5, 5.41) is 6.76. The number of carbonyl (C=O) groups excluding carboxylic acids is 2. The van der Waals surface area contributed by atoms with Crippen LogP contribution < -0.4 is 10.2 Å². The van der Waals surface area contributed by atoms with Crippen LogP contribution in [0.2, 0.25) is 0 Å². The van der Waals surface area contributed by atoms with Crippen molar-refractivity contribution in [1.82, 2.24) is 24.7 Å². The molecule has 0 radical (unpaired) electrons. The Labute approximate surface area is 175 Å². The lowest BCUT2D eigenvalue weighted by Gasteiger charge is -2.42. The number of anilines is 1. The highest BCUT2D eigenvalue weighted by atomic mass is 16.5. The first kappa shape index (κ1) is 19.5. The van der Waals surface area contributed by atoms with Gasteiger partial charge < -0.3 is 4.74 Å². The first-order valence-electron chi connectivity index (χ1n) is 10.7. The van der Waals surface area contributed by atoms with Crippen molar-refractivity contribution in [2.45, 2.75) is 38.5 Å². The molecule has 30 heavy (non-hydrogen) atoms. The number of nitrogens with zero attached hydrogens (tertiary/aromatic N) is 5. The summed E-state index contributed by atoms with van der Waals surface area (Å²) in [6, 6.07) is 4.31. The van der Waals surface area contributed by atoms with E-state index in [2.05, 4.69) is 39.3 Å². The summed E-state index contributed by atoms with van der Waals surface area (Å²) in [5.74, 6) is -0.231. The number of amides is 3. The monoisotopic (exact) mass is 412 g/mol. The minimum atomic E-state index is -0.382. The average molecular weight is 412 g/mol. The molecule has 2 aromatic heterocycles. The molecule has 0 spiro atoms. The summed E-state index contributed by atoms with van der Waals surface area (Å²) < 4.78 is 7.38. The van der Waals surface area contributed by atoms with Gasteiger partial charge in [0.05, 0.1) is 23.5 Å². The Morgan fingerprint density at radius 2 is 2.13 bits per heavy atom. The third kappa shape index (κ3) is 3.80. The maximum atomic E-state index is 12.3. The van der Waals surface area contributed by atoms with E-state index in [1.165, 1.54) is 12.0 Å². The molecule has 0 aliphatic carbocycles. The largest absolute Gasteiger partial charge is 0.377 e. The molecule has 3 aliphatic heterocycles. The summed E-state index contributed by atoms with van der Waals surface area (Å²) in [5.41, 5.74) is 2.81. The number of urea groups is 1. The van der Waals surface area contributed by atoms with Gasteiger partial charge in [0.25, 0.3) is 0 Å². The molecule has 0 saturated carbocycles. The second-order valence-electron chi connectivity index (χ2n) is 8.51. The number of nitrogens with one attached hydrogen (secondary N) is 1. The standard InChI is InChI=1S/C21H28N6O3/c1-15-12-24(7-8-25(15)14-17-4-9-30-17)13-16-2-6-27-18(10-16)19(11-22-27)26-5-3-20(28)23-21(26)29/h2,6,10-11,15,17H,3-5,7-9,12-14H2,1H3,(H,23,28,29)/t15-,17?/m0/s1.